The first-order valence-electron chi connectivity index (χ1n) is 9.54. The first-order chi connectivity index (χ1) is 14.8. The van der Waals surface area contributed by atoms with E-state index >= 15 is 0 Å². The number of fused-ring (bicyclic) bond motifs is 3. The number of aromatic nitrogens is 3. The Morgan fingerprint density at radius 1 is 1.00 bits per heavy atom. The summed E-state index contributed by atoms with van der Waals surface area (Å²) in [5, 5.41) is 6.65. The highest BCUT2D eigenvalue weighted by Gasteiger charge is 2.27. The molecule has 7 heteroatoms. The number of rotatable bonds is 2. The Labute approximate surface area is 174 Å². The van der Waals surface area contributed by atoms with Crippen molar-refractivity contribution in [2.24, 2.45) is 0 Å². The van der Waals surface area contributed by atoms with Gasteiger partial charge in [0.15, 0.2) is 23.4 Å². The topological polar surface area (TPSA) is 65.7 Å². The third-order valence-corrected chi connectivity index (χ3v) is 6.06. The Hall–Kier alpha value is -3.71. The lowest BCUT2D eigenvalue weighted by Gasteiger charge is -2.24. The molecule has 6 nitrogen and oxygen atoms in total. The number of hydrogen-bond acceptors (Lipinski definition) is 6. The van der Waals surface area contributed by atoms with Gasteiger partial charge in [0.05, 0.1) is 4.53 Å². The van der Waals surface area contributed by atoms with Gasteiger partial charge in [-0.2, -0.15) is 9.50 Å². The lowest BCUT2D eigenvalue weighted by Crippen LogP contribution is -2.26. The van der Waals surface area contributed by atoms with Crippen LogP contribution in [-0.4, -0.2) is 21.2 Å². The van der Waals surface area contributed by atoms with Gasteiger partial charge in [0.2, 0.25) is 4.96 Å². The van der Waals surface area contributed by atoms with Gasteiger partial charge in [0.25, 0.3) is 5.56 Å². The second-order valence-electron chi connectivity index (χ2n) is 7.01. The number of hydrogen-bond donors (Lipinski definition) is 0. The van der Waals surface area contributed by atoms with E-state index in [0.29, 0.717) is 33.4 Å². The van der Waals surface area contributed by atoms with E-state index in [1.165, 1.54) is 15.9 Å². The van der Waals surface area contributed by atoms with E-state index in [4.69, 9.17) is 9.47 Å². The molecule has 0 saturated heterocycles. The molecule has 2 aromatic heterocycles. The monoisotopic (exact) mass is 413 g/mol. The summed E-state index contributed by atoms with van der Waals surface area (Å²) in [5.74, 6) is 1.80. The molecule has 0 aliphatic carbocycles. The second kappa shape index (κ2) is 6.67. The van der Waals surface area contributed by atoms with Crippen LogP contribution in [0.1, 0.15) is 17.5 Å². The van der Waals surface area contributed by atoms with E-state index in [-0.39, 0.29) is 5.56 Å². The van der Waals surface area contributed by atoms with Crippen molar-refractivity contribution in [3.05, 3.63) is 93.0 Å². The molecule has 0 bridgehead atoms. The van der Waals surface area contributed by atoms with Crippen LogP contribution >= 0.6 is 11.3 Å². The molecule has 0 amide bonds. The normalized spacial score (nSPS) is 16.4. The molecule has 6 rings (SSSR count). The molecule has 146 valence electrons. The summed E-state index contributed by atoms with van der Waals surface area (Å²) < 4.78 is 13.6. The highest BCUT2D eigenvalue weighted by atomic mass is 32.1. The molecule has 0 saturated carbocycles. The summed E-state index contributed by atoms with van der Waals surface area (Å²) in [6.45, 7) is 0.304. The van der Waals surface area contributed by atoms with Gasteiger partial charge in [-0.05, 0) is 34.5 Å². The third kappa shape index (κ3) is 2.74. The van der Waals surface area contributed by atoms with Gasteiger partial charge in [0.1, 0.15) is 6.61 Å². The van der Waals surface area contributed by atoms with Gasteiger partial charge >= 0.3 is 0 Å². The fraction of sp³-hybridized carbons (Fsp3) is 0.0870. The van der Waals surface area contributed by atoms with E-state index < -0.39 is 6.10 Å². The zero-order chi connectivity index (χ0) is 20.1. The van der Waals surface area contributed by atoms with Crippen LogP contribution in [0, 0.1) is 0 Å². The van der Waals surface area contributed by atoms with Gasteiger partial charge in [-0.15, -0.1) is 5.10 Å². The zero-order valence-corrected chi connectivity index (χ0v) is 16.5. The molecular formula is C23H15N3O3S. The first kappa shape index (κ1) is 17.2. The predicted molar refractivity (Wildman–Crippen MR) is 115 cm³/mol. The van der Waals surface area contributed by atoms with Crippen molar-refractivity contribution in [1.82, 2.24) is 14.6 Å². The van der Waals surface area contributed by atoms with Crippen LogP contribution in [0.4, 0.5) is 0 Å². The summed E-state index contributed by atoms with van der Waals surface area (Å²) in [7, 11) is 0. The molecule has 1 atom stereocenters. The lowest BCUT2D eigenvalue weighted by atomic mass is 10.0. The van der Waals surface area contributed by atoms with Crippen LogP contribution < -0.4 is 19.6 Å². The van der Waals surface area contributed by atoms with Gasteiger partial charge in [-0.25, -0.2) is 0 Å². The summed E-state index contributed by atoms with van der Waals surface area (Å²) in [4.78, 5) is 18.0. The largest absolute Gasteiger partial charge is 0.485 e. The maximum Gasteiger partial charge on any atom is 0.291 e. The Kier molecular flexibility index (Phi) is 3.82. The fourth-order valence-electron chi connectivity index (χ4n) is 3.65. The minimum Gasteiger partial charge on any atom is -0.485 e. The zero-order valence-electron chi connectivity index (χ0n) is 15.7. The number of nitrogens with zero attached hydrogens (tertiary/aromatic N) is 3. The Morgan fingerprint density at radius 3 is 2.70 bits per heavy atom. The van der Waals surface area contributed by atoms with Crippen LogP contribution in [0.15, 0.2) is 71.5 Å². The standard InChI is InChI=1S/C23H15N3O3S/c27-22-20(12-15-8-5-7-14-6-1-2-9-16(14)15)30-23-24-21(25-26(22)23)19-13-28-17-10-3-4-11-18(17)29-19/h1-12,19H,13H2/b20-12+/t19-/m0/s1. The Balaban J connectivity index is 1.40. The van der Waals surface area contributed by atoms with Crippen molar-refractivity contribution in [2.45, 2.75) is 6.10 Å². The van der Waals surface area contributed by atoms with E-state index in [1.54, 1.807) is 0 Å². The molecule has 0 fully saturated rings. The van der Waals surface area contributed by atoms with Crippen molar-refractivity contribution in [3.63, 3.8) is 0 Å². The Bertz CT molecular complexity index is 1520. The van der Waals surface area contributed by atoms with Gasteiger partial charge in [0, 0.05) is 0 Å². The average Bonchev–Trinajstić information content (AvgIpc) is 3.33. The van der Waals surface area contributed by atoms with Gasteiger partial charge in [-0.1, -0.05) is 65.9 Å². The molecule has 1 aliphatic rings. The van der Waals surface area contributed by atoms with E-state index in [1.807, 2.05) is 54.6 Å². The number of benzene rings is 3. The highest BCUT2D eigenvalue weighted by Crippen LogP contribution is 2.35. The summed E-state index contributed by atoms with van der Waals surface area (Å²) in [6.07, 6.45) is 1.46. The van der Waals surface area contributed by atoms with Crippen molar-refractivity contribution in [2.75, 3.05) is 6.61 Å². The van der Waals surface area contributed by atoms with Crippen LogP contribution in [-0.2, 0) is 0 Å². The molecule has 0 N–H and O–H groups in total. The van der Waals surface area contributed by atoms with Crippen LogP contribution in [0.5, 0.6) is 11.5 Å². The first-order valence-corrected chi connectivity index (χ1v) is 10.4. The van der Waals surface area contributed by atoms with Crippen LogP contribution in [0.3, 0.4) is 0 Å². The summed E-state index contributed by atoms with van der Waals surface area (Å²) in [6, 6.07) is 21.7. The smallest absolute Gasteiger partial charge is 0.291 e. The van der Waals surface area contributed by atoms with Gasteiger partial charge < -0.3 is 9.47 Å². The summed E-state index contributed by atoms with van der Waals surface area (Å²) >= 11 is 1.32. The molecular weight excluding hydrogens is 398 g/mol. The number of para-hydroxylation sites is 2. The fourth-order valence-corrected chi connectivity index (χ4v) is 4.56. The summed E-state index contributed by atoms with van der Waals surface area (Å²) in [5.41, 5.74) is 0.814. The van der Waals surface area contributed by atoms with Crippen LogP contribution in [0.2, 0.25) is 0 Å². The van der Waals surface area contributed by atoms with Crippen molar-refractivity contribution in [1.29, 1.82) is 0 Å². The van der Waals surface area contributed by atoms with E-state index in [9.17, 15) is 4.79 Å². The molecule has 3 heterocycles. The minimum absolute atomic E-state index is 0.182. The SMILES string of the molecule is O=c1/c(=C\c2cccc3ccccc23)sc2nc([C@@H]3COc4ccccc4O3)nn12. The minimum atomic E-state index is -0.447. The quantitative estimate of drug-likeness (QED) is 0.444. The maximum atomic E-state index is 12.9. The third-order valence-electron chi connectivity index (χ3n) is 5.10. The Morgan fingerprint density at radius 2 is 1.80 bits per heavy atom. The molecule has 5 aromatic rings. The van der Waals surface area contributed by atoms with Crippen LogP contribution in [0.25, 0.3) is 21.8 Å². The van der Waals surface area contributed by atoms with Gasteiger partial charge in [-0.3, -0.25) is 4.79 Å². The number of ether oxygens (including phenoxy) is 2. The van der Waals surface area contributed by atoms with Crippen molar-refractivity contribution >= 4 is 33.1 Å². The molecule has 0 spiro atoms. The molecule has 1 aliphatic heterocycles. The maximum absolute atomic E-state index is 12.9. The number of thiazole rings is 1. The van der Waals surface area contributed by atoms with E-state index in [0.717, 1.165) is 16.3 Å². The van der Waals surface area contributed by atoms with E-state index in [2.05, 4.69) is 28.3 Å². The lowest BCUT2D eigenvalue weighted by molar-refractivity contribution is 0.0852. The van der Waals surface area contributed by atoms with Crippen molar-refractivity contribution < 1.29 is 9.47 Å². The van der Waals surface area contributed by atoms with Crippen molar-refractivity contribution in [3.8, 4) is 11.5 Å². The second-order valence-corrected chi connectivity index (χ2v) is 8.02. The average molecular weight is 413 g/mol. The predicted octanol–water partition coefficient (Wildman–Crippen LogP) is 3.36. The molecule has 30 heavy (non-hydrogen) atoms. The molecule has 0 unspecified atom stereocenters. The molecule has 3 aromatic carbocycles. The molecule has 0 radical (unpaired) electrons. The highest BCUT2D eigenvalue weighted by molar-refractivity contribution is 7.15.